The number of fused-ring (bicyclic) bond motifs is 2. The number of amides is 1. The van der Waals surface area contributed by atoms with E-state index in [0.717, 1.165) is 22.0 Å². The molecule has 2 aromatic carbocycles. The fourth-order valence-electron chi connectivity index (χ4n) is 3.50. The Hall–Kier alpha value is -3.08. The van der Waals surface area contributed by atoms with Crippen LogP contribution in [-0.4, -0.2) is 29.0 Å². The first-order chi connectivity index (χ1) is 12.6. The molecule has 1 unspecified atom stereocenters. The molecule has 5 heteroatoms. The van der Waals surface area contributed by atoms with Gasteiger partial charge < -0.3 is 15.0 Å². The van der Waals surface area contributed by atoms with Crippen LogP contribution >= 0.6 is 0 Å². The number of esters is 1. The highest BCUT2D eigenvalue weighted by Gasteiger charge is 2.42. The van der Waals surface area contributed by atoms with E-state index in [1.54, 1.807) is 19.1 Å². The minimum Gasteiger partial charge on any atom is -0.445 e. The molecule has 0 radical (unpaired) electrons. The lowest BCUT2D eigenvalue weighted by Gasteiger charge is -2.33. The van der Waals surface area contributed by atoms with Gasteiger partial charge in [-0.2, -0.15) is 0 Å². The van der Waals surface area contributed by atoms with Crippen LogP contribution in [0.4, 0.5) is 0 Å². The van der Waals surface area contributed by atoms with Crippen LogP contribution in [0, 0.1) is 0 Å². The van der Waals surface area contributed by atoms with Crippen LogP contribution in [0.2, 0.25) is 0 Å². The number of hydrogen-bond donors (Lipinski definition) is 2. The molecule has 1 aliphatic rings. The average molecular weight is 348 g/mol. The highest BCUT2D eigenvalue weighted by Crippen LogP contribution is 2.28. The van der Waals surface area contributed by atoms with Gasteiger partial charge in [-0.15, -0.1) is 0 Å². The molecule has 0 fully saturated rings. The van der Waals surface area contributed by atoms with E-state index in [1.165, 1.54) is 0 Å². The maximum atomic E-state index is 12.7. The van der Waals surface area contributed by atoms with Crippen molar-refractivity contribution in [1.29, 1.82) is 0 Å². The number of hydrogen-bond acceptors (Lipinski definition) is 3. The Balaban J connectivity index is 1.43. The molecule has 3 aromatic rings. The van der Waals surface area contributed by atoms with Gasteiger partial charge in [-0.1, -0.05) is 36.4 Å². The molecule has 0 aliphatic carbocycles. The molecule has 0 bridgehead atoms. The summed E-state index contributed by atoms with van der Waals surface area (Å²) in [6.07, 6.45) is 3.06. The van der Waals surface area contributed by atoms with E-state index in [0.29, 0.717) is 24.9 Å². The number of H-pyrrole nitrogens is 1. The van der Waals surface area contributed by atoms with Crippen LogP contribution in [0.3, 0.4) is 0 Å². The number of cyclic esters (lactones) is 1. The maximum Gasteiger partial charge on any atom is 0.339 e. The number of aromatic nitrogens is 1. The molecule has 0 spiro atoms. The molecule has 4 rings (SSSR count). The van der Waals surface area contributed by atoms with E-state index in [-0.39, 0.29) is 5.91 Å². The summed E-state index contributed by atoms with van der Waals surface area (Å²) in [5.41, 5.74) is 2.44. The van der Waals surface area contributed by atoms with Crippen LogP contribution in [-0.2, 0) is 22.4 Å². The predicted octanol–water partition coefficient (Wildman–Crippen LogP) is 3.00. The second-order valence-corrected chi connectivity index (χ2v) is 6.82. The predicted molar refractivity (Wildman–Crippen MR) is 99.0 cm³/mol. The number of rotatable bonds is 4. The molecular formula is C21H20N2O3. The third-order valence-electron chi connectivity index (χ3n) is 4.92. The molecule has 2 heterocycles. The average Bonchev–Trinajstić information content (AvgIpc) is 3.05. The van der Waals surface area contributed by atoms with Crippen molar-refractivity contribution in [2.45, 2.75) is 25.4 Å². The number of carbonyl (C=O) groups is 2. The Kier molecular flexibility index (Phi) is 3.99. The first kappa shape index (κ1) is 16.4. The molecule has 2 N–H and O–H groups in total. The van der Waals surface area contributed by atoms with Crippen molar-refractivity contribution in [1.82, 2.24) is 10.3 Å². The zero-order chi connectivity index (χ0) is 18.1. The van der Waals surface area contributed by atoms with Gasteiger partial charge in [0.25, 0.3) is 5.91 Å². The van der Waals surface area contributed by atoms with E-state index in [2.05, 4.69) is 16.4 Å². The van der Waals surface area contributed by atoms with E-state index >= 15 is 0 Å². The molecular weight excluding hydrogens is 328 g/mol. The Morgan fingerprint density at radius 3 is 2.85 bits per heavy atom. The van der Waals surface area contributed by atoms with Gasteiger partial charge in [-0.25, -0.2) is 4.79 Å². The third-order valence-corrected chi connectivity index (χ3v) is 4.92. The summed E-state index contributed by atoms with van der Waals surface area (Å²) in [5, 5.41) is 4.08. The molecule has 1 aliphatic heterocycles. The van der Waals surface area contributed by atoms with Crippen molar-refractivity contribution in [3.8, 4) is 0 Å². The molecule has 1 aromatic heterocycles. The second kappa shape index (κ2) is 6.33. The maximum absolute atomic E-state index is 12.7. The van der Waals surface area contributed by atoms with Crippen LogP contribution in [0.15, 0.2) is 54.7 Å². The Labute approximate surface area is 151 Å². The van der Waals surface area contributed by atoms with Gasteiger partial charge in [0.2, 0.25) is 0 Å². The van der Waals surface area contributed by atoms with E-state index in [1.807, 2.05) is 36.5 Å². The van der Waals surface area contributed by atoms with Gasteiger partial charge in [0, 0.05) is 30.1 Å². The zero-order valence-corrected chi connectivity index (χ0v) is 14.5. The summed E-state index contributed by atoms with van der Waals surface area (Å²) in [6, 6.07) is 15.3. The first-order valence-electron chi connectivity index (χ1n) is 8.71. The van der Waals surface area contributed by atoms with Crippen LogP contribution in [0.25, 0.3) is 10.9 Å². The highest BCUT2D eigenvalue weighted by atomic mass is 16.6. The van der Waals surface area contributed by atoms with Crippen molar-refractivity contribution in [3.63, 3.8) is 0 Å². The summed E-state index contributed by atoms with van der Waals surface area (Å²) < 4.78 is 5.46. The van der Waals surface area contributed by atoms with Crippen molar-refractivity contribution < 1.29 is 14.3 Å². The number of carbonyl (C=O) groups excluding carboxylic acids is 2. The van der Waals surface area contributed by atoms with Crippen LogP contribution < -0.4 is 5.32 Å². The minimum absolute atomic E-state index is 0.264. The minimum atomic E-state index is -1.17. The summed E-state index contributed by atoms with van der Waals surface area (Å²) >= 11 is 0. The van der Waals surface area contributed by atoms with Gasteiger partial charge in [0.1, 0.15) is 0 Å². The van der Waals surface area contributed by atoms with E-state index in [9.17, 15) is 9.59 Å². The van der Waals surface area contributed by atoms with Gasteiger partial charge >= 0.3 is 5.97 Å². The molecule has 0 saturated carbocycles. The van der Waals surface area contributed by atoms with Crippen molar-refractivity contribution >= 4 is 22.8 Å². The molecule has 1 amide bonds. The van der Waals surface area contributed by atoms with Crippen LogP contribution in [0.1, 0.15) is 28.4 Å². The van der Waals surface area contributed by atoms with Gasteiger partial charge in [-0.3, -0.25) is 4.79 Å². The summed E-state index contributed by atoms with van der Waals surface area (Å²) in [5.74, 6) is -0.707. The molecule has 5 nitrogen and oxygen atoms in total. The molecule has 0 saturated heterocycles. The standard InChI is InChI=1S/C21H20N2O3/c1-21(12-14-6-2-3-8-17(14)19(24)26-21)20(25)22-11-10-15-13-23-18-9-5-4-7-16(15)18/h2-9,13,23H,10-12H2,1H3,(H,22,25). The fraction of sp³-hybridized carbons (Fsp3) is 0.238. The number of nitrogens with one attached hydrogen (secondary N) is 2. The molecule has 26 heavy (non-hydrogen) atoms. The number of para-hydroxylation sites is 1. The second-order valence-electron chi connectivity index (χ2n) is 6.82. The van der Waals surface area contributed by atoms with Crippen molar-refractivity contribution in [2.75, 3.05) is 6.54 Å². The third kappa shape index (κ3) is 2.86. The van der Waals surface area contributed by atoms with Gasteiger partial charge in [0.15, 0.2) is 5.60 Å². The number of benzene rings is 2. The van der Waals surface area contributed by atoms with Gasteiger partial charge in [-0.05, 0) is 36.6 Å². The monoisotopic (exact) mass is 348 g/mol. The largest absolute Gasteiger partial charge is 0.445 e. The smallest absolute Gasteiger partial charge is 0.339 e. The van der Waals surface area contributed by atoms with Crippen LogP contribution in [0.5, 0.6) is 0 Å². The number of ether oxygens (including phenoxy) is 1. The molecule has 132 valence electrons. The Morgan fingerprint density at radius 1 is 1.19 bits per heavy atom. The van der Waals surface area contributed by atoms with E-state index in [4.69, 9.17) is 4.74 Å². The lowest BCUT2D eigenvalue weighted by Crippen LogP contribution is -2.52. The SMILES string of the molecule is CC1(C(=O)NCCc2c[nH]c3ccccc23)Cc2ccccc2C(=O)O1. The molecule has 1 atom stereocenters. The summed E-state index contributed by atoms with van der Waals surface area (Å²) in [4.78, 5) is 28.1. The fourth-order valence-corrected chi connectivity index (χ4v) is 3.50. The Bertz CT molecular complexity index is 992. The van der Waals surface area contributed by atoms with Crippen molar-refractivity contribution in [2.24, 2.45) is 0 Å². The zero-order valence-electron chi connectivity index (χ0n) is 14.5. The highest BCUT2D eigenvalue weighted by molar-refractivity contribution is 5.97. The summed E-state index contributed by atoms with van der Waals surface area (Å²) in [6.45, 7) is 2.15. The quantitative estimate of drug-likeness (QED) is 0.712. The normalized spacial score (nSPS) is 19.0. The van der Waals surface area contributed by atoms with Crippen molar-refractivity contribution in [3.05, 3.63) is 71.4 Å². The topological polar surface area (TPSA) is 71.2 Å². The Morgan fingerprint density at radius 2 is 1.96 bits per heavy atom. The van der Waals surface area contributed by atoms with E-state index < -0.39 is 11.6 Å². The van der Waals surface area contributed by atoms with Gasteiger partial charge in [0.05, 0.1) is 5.56 Å². The lowest BCUT2D eigenvalue weighted by atomic mass is 9.89. The summed E-state index contributed by atoms with van der Waals surface area (Å²) in [7, 11) is 0. The lowest BCUT2D eigenvalue weighted by molar-refractivity contribution is -0.139. The number of aromatic amines is 1. The first-order valence-corrected chi connectivity index (χ1v) is 8.71.